The molecular formula is C11H11BrN4. The Morgan fingerprint density at radius 1 is 1.19 bits per heavy atom. The first-order valence-electron chi connectivity index (χ1n) is 5.23. The minimum Gasteiger partial charge on any atom is -0.309 e. The third-order valence-corrected chi connectivity index (χ3v) is 3.25. The van der Waals surface area contributed by atoms with E-state index in [1.165, 1.54) is 0 Å². The fraction of sp³-hybridized carbons (Fsp3) is 0.273. The molecule has 1 aliphatic rings. The van der Waals surface area contributed by atoms with E-state index in [1.807, 2.05) is 12.1 Å². The Morgan fingerprint density at radius 3 is 2.81 bits per heavy atom. The summed E-state index contributed by atoms with van der Waals surface area (Å²) in [6.45, 7) is 2.73. The molecule has 0 atom stereocenters. The Kier molecular flexibility index (Phi) is 2.49. The van der Waals surface area contributed by atoms with E-state index in [9.17, 15) is 0 Å². The Balaban J connectivity index is 2.06. The zero-order chi connectivity index (χ0) is 11.0. The van der Waals surface area contributed by atoms with E-state index >= 15 is 0 Å². The van der Waals surface area contributed by atoms with Crippen molar-refractivity contribution in [1.29, 1.82) is 0 Å². The third kappa shape index (κ3) is 1.66. The summed E-state index contributed by atoms with van der Waals surface area (Å²) >= 11 is 3.43. The Morgan fingerprint density at radius 2 is 2.00 bits per heavy atom. The number of hydrogen-bond donors (Lipinski definition) is 1. The van der Waals surface area contributed by atoms with Crippen LogP contribution in [0.4, 0.5) is 0 Å². The molecule has 0 unspecified atom stereocenters. The number of benzene rings is 1. The van der Waals surface area contributed by atoms with Crippen LogP contribution in [0.15, 0.2) is 28.7 Å². The van der Waals surface area contributed by atoms with Crippen LogP contribution in [-0.2, 0) is 13.1 Å². The molecule has 0 amide bonds. The fourth-order valence-electron chi connectivity index (χ4n) is 1.90. The monoisotopic (exact) mass is 278 g/mol. The summed E-state index contributed by atoms with van der Waals surface area (Å²) in [5.41, 5.74) is 1.11. The molecule has 0 bridgehead atoms. The Hall–Kier alpha value is -1.20. The number of rotatable bonds is 1. The highest BCUT2D eigenvalue weighted by atomic mass is 79.9. The molecule has 0 spiro atoms. The van der Waals surface area contributed by atoms with E-state index in [2.05, 4.69) is 48.1 Å². The highest BCUT2D eigenvalue weighted by Crippen LogP contribution is 2.21. The molecule has 1 aromatic heterocycles. The van der Waals surface area contributed by atoms with Gasteiger partial charge in [-0.15, -0.1) is 10.2 Å². The van der Waals surface area contributed by atoms with Gasteiger partial charge in [-0.1, -0.05) is 28.1 Å². The van der Waals surface area contributed by atoms with Crippen molar-refractivity contribution >= 4 is 15.9 Å². The largest absolute Gasteiger partial charge is 0.309 e. The summed E-state index contributed by atoms with van der Waals surface area (Å²) in [5, 5.41) is 11.7. The van der Waals surface area contributed by atoms with Crippen LogP contribution in [-0.4, -0.2) is 21.3 Å². The van der Waals surface area contributed by atoms with E-state index in [-0.39, 0.29) is 0 Å². The zero-order valence-electron chi connectivity index (χ0n) is 8.65. The predicted molar refractivity (Wildman–Crippen MR) is 64.9 cm³/mol. The quantitative estimate of drug-likeness (QED) is 0.865. The van der Waals surface area contributed by atoms with E-state index < -0.39 is 0 Å². The van der Waals surface area contributed by atoms with Gasteiger partial charge in [0.25, 0.3) is 0 Å². The van der Waals surface area contributed by atoms with Gasteiger partial charge >= 0.3 is 0 Å². The van der Waals surface area contributed by atoms with E-state index in [4.69, 9.17) is 0 Å². The Labute approximate surface area is 102 Å². The second kappa shape index (κ2) is 3.99. The molecule has 0 aliphatic carbocycles. The Bertz CT molecular complexity index is 503. The summed E-state index contributed by atoms with van der Waals surface area (Å²) in [4.78, 5) is 0. The van der Waals surface area contributed by atoms with Gasteiger partial charge in [0.15, 0.2) is 5.82 Å². The van der Waals surface area contributed by atoms with Crippen molar-refractivity contribution in [2.24, 2.45) is 0 Å². The summed E-state index contributed by atoms with van der Waals surface area (Å²) in [5.74, 6) is 1.98. The van der Waals surface area contributed by atoms with Crippen molar-refractivity contribution in [3.8, 4) is 11.4 Å². The number of nitrogens with zero attached hydrogens (tertiary/aromatic N) is 3. The van der Waals surface area contributed by atoms with Gasteiger partial charge in [0, 0.05) is 23.1 Å². The third-order valence-electron chi connectivity index (χ3n) is 2.73. The van der Waals surface area contributed by atoms with Crippen LogP contribution in [0.5, 0.6) is 0 Å². The maximum absolute atomic E-state index is 4.26. The van der Waals surface area contributed by atoms with Gasteiger partial charge in [-0.25, -0.2) is 0 Å². The molecule has 5 heteroatoms. The van der Waals surface area contributed by atoms with Crippen molar-refractivity contribution < 1.29 is 0 Å². The smallest absolute Gasteiger partial charge is 0.164 e. The number of halogens is 1. The molecule has 1 N–H and O–H groups in total. The van der Waals surface area contributed by atoms with Gasteiger partial charge in [-0.05, 0) is 12.1 Å². The van der Waals surface area contributed by atoms with Crippen LogP contribution in [0.2, 0.25) is 0 Å². The number of hydrogen-bond acceptors (Lipinski definition) is 3. The number of fused-ring (bicyclic) bond motifs is 1. The molecular weight excluding hydrogens is 268 g/mol. The highest BCUT2D eigenvalue weighted by molar-refractivity contribution is 9.10. The van der Waals surface area contributed by atoms with Gasteiger partial charge in [0.1, 0.15) is 5.82 Å². The van der Waals surface area contributed by atoms with E-state index in [1.54, 1.807) is 0 Å². The van der Waals surface area contributed by atoms with Crippen molar-refractivity contribution in [2.45, 2.75) is 13.1 Å². The van der Waals surface area contributed by atoms with E-state index in [0.717, 1.165) is 41.3 Å². The normalized spacial score (nSPS) is 14.8. The summed E-state index contributed by atoms with van der Waals surface area (Å²) < 4.78 is 3.26. The van der Waals surface area contributed by atoms with Crippen molar-refractivity contribution in [3.63, 3.8) is 0 Å². The average molecular weight is 279 g/mol. The molecule has 3 rings (SSSR count). The van der Waals surface area contributed by atoms with Crippen LogP contribution in [0, 0.1) is 0 Å². The highest BCUT2D eigenvalue weighted by Gasteiger charge is 2.16. The maximum Gasteiger partial charge on any atom is 0.164 e. The summed E-state index contributed by atoms with van der Waals surface area (Å²) in [6, 6.07) is 8.17. The van der Waals surface area contributed by atoms with Crippen LogP contribution in [0.3, 0.4) is 0 Å². The lowest BCUT2D eigenvalue weighted by atomic mass is 10.2. The maximum atomic E-state index is 4.26. The van der Waals surface area contributed by atoms with Gasteiger partial charge in [-0.2, -0.15) is 0 Å². The molecule has 4 nitrogen and oxygen atoms in total. The second-order valence-electron chi connectivity index (χ2n) is 3.78. The SMILES string of the molecule is Brc1ccc(-c2nnc3n2CCNC3)cc1. The second-order valence-corrected chi connectivity index (χ2v) is 4.69. The first-order valence-corrected chi connectivity index (χ1v) is 6.02. The fourth-order valence-corrected chi connectivity index (χ4v) is 2.17. The lowest BCUT2D eigenvalue weighted by molar-refractivity contribution is 0.508. The van der Waals surface area contributed by atoms with Gasteiger partial charge in [0.05, 0.1) is 6.54 Å². The predicted octanol–water partition coefficient (Wildman–Crippen LogP) is 1.81. The summed E-state index contributed by atoms with van der Waals surface area (Å²) in [7, 11) is 0. The van der Waals surface area contributed by atoms with Gasteiger partial charge in [0.2, 0.25) is 0 Å². The van der Waals surface area contributed by atoms with Crippen LogP contribution < -0.4 is 5.32 Å². The van der Waals surface area contributed by atoms with Crippen LogP contribution >= 0.6 is 15.9 Å². The minimum atomic E-state index is 0.809. The molecule has 0 saturated heterocycles. The standard InChI is InChI=1S/C11H11BrN4/c12-9-3-1-8(2-4-9)11-15-14-10-7-13-5-6-16(10)11/h1-4,13H,5-7H2. The molecule has 0 saturated carbocycles. The first-order chi connectivity index (χ1) is 7.84. The van der Waals surface area contributed by atoms with Crippen molar-refractivity contribution in [2.75, 3.05) is 6.54 Å². The lowest BCUT2D eigenvalue weighted by Gasteiger charge is -2.15. The van der Waals surface area contributed by atoms with Gasteiger partial charge < -0.3 is 9.88 Å². The van der Waals surface area contributed by atoms with Crippen molar-refractivity contribution in [1.82, 2.24) is 20.1 Å². The topological polar surface area (TPSA) is 42.7 Å². The summed E-state index contributed by atoms with van der Waals surface area (Å²) in [6.07, 6.45) is 0. The number of aromatic nitrogens is 3. The first kappa shape index (κ1) is 9.99. The molecule has 1 aromatic carbocycles. The molecule has 16 heavy (non-hydrogen) atoms. The van der Waals surface area contributed by atoms with Gasteiger partial charge in [-0.3, -0.25) is 0 Å². The molecule has 0 radical (unpaired) electrons. The molecule has 2 aromatic rings. The number of nitrogens with one attached hydrogen (secondary N) is 1. The molecule has 0 fully saturated rings. The van der Waals surface area contributed by atoms with Crippen LogP contribution in [0.25, 0.3) is 11.4 Å². The minimum absolute atomic E-state index is 0.809. The average Bonchev–Trinajstić information content (AvgIpc) is 2.74. The van der Waals surface area contributed by atoms with Crippen LogP contribution in [0.1, 0.15) is 5.82 Å². The molecule has 82 valence electrons. The molecule has 2 heterocycles. The van der Waals surface area contributed by atoms with E-state index in [0.29, 0.717) is 0 Å². The van der Waals surface area contributed by atoms with Crippen molar-refractivity contribution in [3.05, 3.63) is 34.6 Å². The molecule has 1 aliphatic heterocycles. The lowest BCUT2D eigenvalue weighted by Crippen LogP contribution is -2.28. The zero-order valence-corrected chi connectivity index (χ0v) is 10.2.